The Labute approximate surface area is 128 Å². The number of aryl methyl sites for hydroxylation is 2. The van der Waals surface area contributed by atoms with Crippen molar-refractivity contribution in [3.63, 3.8) is 0 Å². The molecule has 6 nitrogen and oxygen atoms in total. The number of piperazine rings is 1. The molecule has 110 valence electrons. The van der Waals surface area contributed by atoms with Crippen LogP contribution in [0.3, 0.4) is 0 Å². The molecule has 3 rings (SSSR count). The number of hydrogen-bond donors (Lipinski definition) is 0. The number of halogens is 1. The zero-order valence-electron chi connectivity index (χ0n) is 12.1. The Hall–Kier alpha value is -1.95. The smallest absolute Gasteiger partial charge is 0.149 e. The van der Waals surface area contributed by atoms with Gasteiger partial charge in [0.2, 0.25) is 0 Å². The van der Waals surface area contributed by atoms with Crippen LogP contribution in [0.4, 0.5) is 11.6 Å². The SMILES string of the molecule is Cc1cc(N2CCN(c3cncc(Cl)n3)CC2)nc(C)n1. The highest BCUT2D eigenvalue weighted by atomic mass is 35.5. The first-order valence-corrected chi connectivity index (χ1v) is 7.29. The molecule has 0 aliphatic carbocycles. The first kappa shape index (κ1) is 14.0. The number of aromatic nitrogens is 4. The summed E-state index contributed by atoms with van der Waals surface area (Å²) in [6, 6.07) is 2.03. The summed E-state index contributed by atoms with van der Waals surface area (Å²) in [6.07, 6.45) is 3.30. The van der Waals surface area contributed by atoms with Crippen LogP contribution in [0.2, 0.25) is 5.15 Å². The highest BCUT2D eigenvalue weighted by Gasteiger charge is 2.20. The highest BCUT2D eigenvalue weighted by molar-refractivity contribution is 6.29. The van der Waals surface area contributed by atoms with Crippen molar-refractivity contribution >= 4 is 23.2 Å². The van der Waals surface area contributed by atoms with Gasteiger partial charge in [-0.2, -0.15) is 0 Å². The zero-order valence-corrected chi connectivity index (χ0v) is 12.9. The molecular formula is C14H17ClN6. The summed E-state index contributed by atoms with van der Waals surface area (Å²) >= 11 is 5.90. The van der Waals surface area contributed by atoms with Gasteiger partial charge in [-0.3, -0.25) is 4.98 Å². The minimum Gasteiger partial charge on any atom is -0.353 e. The molecule has 7 heteroatoms. The van der Waals surface area contributed by atoms with Crippen LogP contribution in [-0.2, 0) is 0 Å². The number of hydrogen-bond acceptors (Lipinski definition) is 6. The van der Waals surface area contributed by atoms with E-state index in [1.165, 1.54) is 0 Å². The van der Waals surface area contributed by atoms with E-state index < -0.39 is 0 Å². The van der Waals surface area contributed by atoms with E-state index in [0.29, 0.717) is 5.15 Å². The average Bonchev–Trinajstić information content (AvgIpc) is 2.46. The van der Waals surface area contributed by atoms with Crippen LogP contribution < -0.4 is 9.80 Å². The molecule has 0 aromatic carbocycles. The van der Waals surface area contributed by atoms with Crippen molar-refractivity contribution in [1.29, 1.82) is 0 Å². The fourth-order valence-corrected chi connectivity index (χ4v) is 2.65. The van der Waals surface area contributed by atoms with Crippen LogP contribution in [0.15, 0.2) is 18.5 Å². The predicted molar refractivity (Wildman–Crippen MR) is 83.0 cm³/mol. The Morgan fingerprint density at radius 3 is 2.19 bits per heavy atom. The first-order valence-electron chi connectivity index (χ1n) is 6.91. The van der Waals surface area contributed by atoms with Gasteiger partial charge in [0, 0.05) is 37.9 Å². The summed E-state index contributed by atoms with van der Waals surface area (Å²) in [4.78, 5) is 21.7. The van der Waals surface area contributed by atoms with Crippen molar-refractivity contribution in [2.75, 3.05) is 36.0 Å². The maximum atomic E-state index is 5.90. The molecule has 0 N–H and O–H groups in total. The molecule has 0 amide bonds. The van der Waals surface area contributed by atoms with Gasteiger partial charge in [0.25, 0.3) is 0 Å². The lowest BCUT2D eigenvalue weighted by Gasteiger charge is -2.36. The maximum absolute atomic E-state index is 5.90. The summed E-state index contributed by atoms with van der Waals surface area (Å²) < 4.78 is 0. The van der Waals surface area contributed by atoms with Gasteiger partial charge in [0.1, 0.15) is 22.6 Å². The molecule has 0 bridgehead atoms. The molecule has 0 radical (unpaired) electrons. The minimum atomic E-state index is 0.428. The second kappa shape index (κ2) is 5.81. The Bertz CT molecular complexity index is 619. The fraction of sp³-hybridized carbons (Fsp3) is 0.429. The lowest BCUT2D eigenvalue weighted by atomic mass is 10.3. The van der Waals surface area contributed by atoms with E-state index in [0.717, 1.165) is 49.3 Å². The molecule has 0 atom stereocenters. The number of rotatable bonds is 2. The summed E-state index contributed by atoms with van der Waals surface area (Å²) in [5.74, 6) is 2.64. The molecule has 2 aromatic rings. The predicted octanol–water partition coefficient (Wildman–Crippen LogP) is 1.86. The summed E-state index contributed by atoms with van der Waals surface area (Å²) in [5.41, 5.74) is 1.00. The molecule has 1 saturated heterocycles. The Balaban J connectivity index is 1.70. The van der Waals surface area contributed by atoms with Crippen molar-refractivity contribution in [3.8, 4) is 0 Å². The van der Waals surface area contributed by atoms with Gasteiger partial charge in [-0.1, -0.05) is 11.6 Å². The van der Waals surface area contributed by atoms with E-state index in [1.807, 2.05) is 19.9 Å². The van der Waals surface area contributed by atoms with Gasteiger partial charge in [0.05, 0.1) is 12.4 Å². The first-order chi connectivity index (χ1) is 10.1. The normalized spacial score (nSPS) is 15.4. The van der Waals surface area contributed by atoms with Crippen molar-refractivity contribution in [1.82, 2.24) is 19.9 Å². The van der Waals surface area contributed by atoms with Crippen molar-refractivity contribution in [2.24, 2.45) is 0 Å². The summed E-state index contributed by atoms with van der Waals surface area (Å²) in [5, 5.41) is 0.428. The molecule has 0 saturated carbocycles. The zero-order chi connectivity index (χ0) is 14.8. The Morgan fingerprint density at radius 1 is 0.905 bits per heavy atom. The van der Waals surface area contributed by atoms with E-state index in [9.17, 15) is 0 Å². The van der Waals surface area contributed by atoms with Crippen LogP contribution in [0, 0.1) is 13.8 Å². The third kappa shape index (κ3) is 3.21. The third-order valence-electron chi connectivity index (χ3n) is 3.47. The number of nitrogens with zero attached hydrogens (tertiary/aromatic N) is 6. The Kier molecular flexibility index (Phi) is 3.88. The van der Waals surface area contributed by atoms with E-state index in [1.54, 1.807) is 12.4 Å². The van der Waals surface area contributed by atoms with E-state index >= 15 is 0 Å². The van der Waals surface area contributed by atoms with Crippen LogP contribution in [-0.4, -0.2) is 46.1 Å². The van der Waals surface area contributed by atoms with Crippen molar-refractivity contribution < 1.29 is 0 Å². The van der Waals surface area contributed by atoms with Crippen LogP contribution in [0.1, 0.15) is 11.5 Å². The van der Waals surface area contributed by atoms with E-state index in [2.05, 4.69) is 29.7 Å². The fourth-order valence-electron chi connectivity index (χ4n) is 2.51. The van der Waals surface area contributed by atoms with Crippen molar-refractivity contribution in [3.05, 3.63) is 35.1 Å². The third-order valence-corrected chi connectivity index (χ3v) is 3.65. The molecule has 1 fully saturated rings. The molecule has 0 unspecified atom stereocenters. The molecule has 0 spiro atoms. The average molecular weight is 305 g/mol. The number of anilines is 2. The molecule has 1 aliphatic rings. The standard InChI is InChI=1S/C14H17ClN6/c1-10-7-13(18-11(2)17-10)20-3-5-21(6-4-20)14-9-16-8-12(15)19-14/h7-9H,3-6H2,1-2H3. The lowest BCUT2D eigenvalue weighted by molar-refractivity contribution is 0.638. The molecule has 2 aromatic heterocycles. The van der Waals surface area contributed by atoms with Gasteiger partial charge >= 0.3 is 0 Å². The summed E-state index contributed by atoms with van der Waals surface area (Å²) in [7, 11) is 0. The van der Waals surface area contributed by atoms with Crippen LogP contribution in [0.5, 0.6) is 0 Å². The quantitative estimate of drug-likeness (QED) is 0.844. The summed E-state index contributed by atoms with van der Waals surface area (Å²) in [6.45, 7) is 7.45. The van der Waals surface area contributed by atoms with Gasteiger partial charge < -0.3 is 9.80 Å². The van der Waals surface area contributed by atoms with E-state index in [4.69, 9.17) is 11.6 Å². The molecule has 3 heterocycles. The second-order valence-electron chi connectivity index (χ2n) is 5.09. The highest BCUT2D eigenvalue weighted by Crippen LogP contribution is 2.18. The monoisotopic (exact) mass is 304 g/mol. The van der Waals surface area contributed by atoms with E-state index in [-0.39, 0.29) is 0 Å². The molecule has 21 heavy (non-hydrogen) atoms. The second-order valence-corrected chi connectivity index (χ2v) is 5.48. The lowest BCUT2D eigenvalue weighted by Crippen LogP contribution is -2.47. The van der Waals surface area contributed by atoms with Crippen molar-refractivity contribution in [2.45, 2.75) is 13.8 Å². The van der Waals surface area contributed by atoms with Crippen LogP contribution >= 0.6 is 11.6 Å². The molecular weight excluding hydrogens is 288 g/mol. The van der Waals surface area contributed by atoms with Gasteiger partial charge in [-0.15, -0.1) is 0 Å². The largest absolute Gasteiger partial charge is 0.353 e. The van der Waals surface area contributed by atoms with Gasteiger partial charge in [0.15, 0.2) is 0 Å². The maximum Gasteiger partial charge on any atom is 0.149 e. The van der Waals surface area contributed by atoms with Crippen LogP contribution in [0.25, 0.3) is 0 Å². The Morgan fingerprint density at radius 2 is 1.57 bits per heavy atom. The van der Waals surface area contributed by atoms with Gasteiger partial charge in [-0.25, -0.2) is 15.0 Å². The molecule has 1 aliphatic heterocycles. The topological polar surface area (TPSA) is 58.0 Å². The van der Waals surface area contributed by atoms with Gasteiger partial charge in [-0.05, 0) is 13.8 Å². The minimum absolute atomic E-state index is 0.428.